The zero-order chi connectivity index (χ0) is 18.4. The molecule has 0 spiro atoms. The average Bonchev–Trinajstić information content (AvgIpc) is 2.93. The van der Waals surface area contributed by atoms with Crippen LogP contribution in [0.15, 0.2) is 30.3 Å². The number of rotatable bonds is 7. The number of halogens is 3. The number of nitrogens with zero attached hydrogens (tertiary/aromatic N) is 2. The Morgan fingerprint density at radius 1 is 1.32 bits per heavy atom. The third-order valence-electron chi connectivity index (χ3n) is 3.54. The highest BCUT2D eigenvalue weighted by Crippen LogP contribution is 2.28. The molecule has 8 heteroatoms. The molecule has 1 heterocycles. The number of benzene rings is 1. The van der Waals surface area contributed by atoms with Crippen LogP contribution in [0.25, 0.3) is 0 Å². The molecule has 0 bridgehead atoms. The third kappa shape index (κ3) is 4.98. The van der Waals surface area contributed by atoms with E-state index in [9.17, 15) is 18.0 Å². The summed E-state index contributed by atoms with van der Waals surface area (Å²) >= 11 is 0. The fourth-order valence-electron chi connectivity index (χ4n) is 2.34. The molecule has 0 saturated carbocycles. The van der Waals surface area contributed by atoms with Gasteiger partial charge in [0.1, 0.15) is 5.75 Å². The minimum absolute atomic E-state index is 0.280. The molecule has 0 saturated heterocycles. The molecule has 0 aliphatic rings. The predicted molar refractivity (Wildman–Crippen MR) is 86.5 cm³/mol. The maximum absolute atomic E-state index is 12.6. The van der Waals surface area contributed by atoms with Crippen LogP contribution in [-0.4, -0.2) is 28.8 Å². The van der Waals surface area contributed by atoms with Gasteiger partial charge in [-0.25, -0.2) is 0 Å². The van der Waals surface area contributed by atoms with Crippen LogP contribution in [0.1, 0.15) is 35.1 Å². The Labute approximate surface area is 143 Å². The first-order valence-electron chi connectivity index (χ1n) is 7.94. The molecule has 0 aliphatic heterocycles. The van der Waals surface area contributed by atoms with Gasteiger partial charge in [-0.3, -0.25) is 9.48 Å². The molecule has 0 unspecified atom stereocenters. The van der Waals surface area contributed by atoms with Crippen LogP contribution in [0.5, 0.6) is 5.75 Å². The lowest BCUT2D eigenvalue weighted by Gasteiger charge is -2.10. The fraction of sp³-hybridized carbons (Fsp3) is 0.412. The molecule has 136 valence electrons. The lowest BCUT2D eigenvalue weighted by Crippen LogP contribution is -2.26. The topological polar surface area (TPSA) is 56.1 Å². The molecule has 1 aromatic heterocycles. The lowest BCUT2D eigenvalue weighted by molar-refractivity contribution is -0.141. The molecule has 5 nitrogen and oxygen atoms in total. The molecule has 1 aromatic carbocycles. The molecule has 25 heavy (non-hydrogen) atoms. The van der Waals surface area contributed by atoms with Crippen molar-refractivity contribution < 1.29 is 22.7 Å². The van der Waals surface area contributed by atoms with Crippen LogP contribution in [0.4, 0.5) is 13.2 Å². The molecule has 0 atom stereocenters. The van der Waals surface area contributed by atoms with Crippen LogP contribution in [0.2, 0.25) is 0 Å². The van der Waals surface area contributed by atoms with Gasteiger partial charge in [-0.2, -0.15) is 18.3 Å². The number of alkyl halides is 3. The van der Waals surface area contributed by atoms with Crippen molar-refractivity contribution in [2.75, 3.05) is 13.2 Å². The van der Waals surface area contributed by atoms with Gasteiger partial charge in [0.15, 0.2) is 5.69 Å². The Morgan fingerprint density at radius 3 is 2.68 bits per heavy atom. The van der Waals surface area contributed by atoms with Crippen molar-refractivity contribution in [1.29, 1.82) is 0 Å². The predicted octanol–water partition coefficient (Wildman–Crippen LogP) is 3.43. The van der Waals surface area contributed by atoms with E-state index < -0.39 is 11.9 Å². The van der Waals surface area contributed by atoms with Crippen LogP contribution in [0.3, 0.4) is 0 Å². The minimum atomic E-state index is -4.45. The Hall–Kier alpha value is -2.51. The Morgan fingerprint density at radius 2 is 2.04 bits per heavy atom. The summed E-state index contributed by atoms with van der Waals surface area (Å²) in [5.41, 5.74) is -0.0426. The number of carbonyl (C=O) groups is 1. The van der Waals surface area contributed by atoms with Crippen LogP contribution in [-0.2, 0) is 12.7 Å². The van der Waals surface area contributed by atoms with Gasteiger partial charge >= 0.3 is 6.18 Å². The van der Waals surface area contributed by atoms with Gasteiger partial charge in [-0.15, -0.1) is 0 Å². The van der Waals surface area contributed by atoms with Crippen LogP contribution in [0, 0.1) is 6.92 Å². The molecule has 0 radical (unpaired) electrons. The number of amides is 1. The number of carbonyl (C=O) groups excluding carboxylic acids is 1. The summed E-state index contributed by atoms with van der Waals surface area (Å²) in [6.45, 7) is 4.45. The van der Waals surface area contributed by atoms with Crippen molar-refractivity contribution in [2.24, 2.45) is 0 Å². The second-order valence-electron chi connectivity index (χ2n) is 5.43. The highest BCUT2D eigenvalue weighted by Gasteiger charge is 2.34. The van der Waals surface area contributed by atoms with E-state index in [1.165, 1.54) is 4.68 Å². The monoisotopic (exact) mass is 355 g/mol. The Balaban J connectivity index is 1.87. The van der Waals surface area contributed by atoms with Gasteiger partial charge < -0.3 is 10.1 Å². The first-order valence-corrected chi connectivity index (χ1v) is 7.94. The summed E-state index contributed by atoms with van der Waals surface area (Å²) < 4.78 is 44.6. The van der Waals surface area contributed by atoms with Crippen LogP contribution >= 0.6 is 0 Å². The van der Waals surface area contributed by atoms with E-state index in [0.717, 1.165) is 6.07 Å². The standard InChI is InChI=1S/C17H20F3N3O2/c1-3-25-14-8-5-4-7-13(14)16(24)21-9-6-10-23-12(2)11-15(22-23)17(18,19)20/h4-5,7-8,11H,3,6,9-10H2,1-2H3,(H,21,24). The summed E-state index contributed by atoms with van der Waals surface area (Å²) in [7, 11) is 0. The van der Waals surface area contributed by atoms with Crippen molar-refractivity contribution in [3.05, 3.63) is 47.3 Å². The van der Waals surface area contributed by atoms with Gasteiger partial charge in [0.2, 0.25) is 0 Å². The van der Waals surface area contributed by atoms with Crippen molar-refractivity contribution >= 4 is 5.91 Å². The Bertz CT molecular complexity index is 726. The maximum Gasteiger partial charge on any atom is 0.435 e. The Kier molecular flexibility index (Phi) is 6.06. The summed E-state index contributed by atoms with van der Waals surface area (Å²) in [5, 5.41) is 6.30. The van der Waals surface area contributed by atoms with E-state index in [-0.39, 0.29) is 12.5 Å². The summed E-state index contributed by atoms with van der Waals surface area (Å²) in [6.07, 6.45) is -3.99. The first-order chi connectivity index (χ1) is 11.8. The lowest BCUT2D eigenvalue weighted by atomic mass is 10.2. The number of nitrogens with one attached hydrogen (secondary N) is 1. The summed E-state index contributed by atoms with van der Waals surface area (Å²) in [5.74, 6) is 0.220. The van der Waals surface area contributed by atoms with Gasteiger partial charge in [-0.1, -0.05) is 12.1 Å². The molecule has 2 aromatic rings. The van der Waals surface area contributed by atoms with Gasteiger partial charge in [0.05, 0.1) is 12.2 Å². The van der Waals surface area contributed by atoms with Crippen molar-refractivity contribution in [3.8, 4) is 5.75 Å². The molecule has 2 rings (SSSR count). The van der Waals surface area contributed by atoms with E-state index in [1.54, 1.807) is 31.2 Å². The summed E-state index contributed by atoms with van der Waals surface area (Å²) in [4.78, 5) is 12.2. The molecule has 0 aliphatic carbocycles. The van der Waals surface area contributed by atoms with E-state index in [2.05, 4.69) is 10.4 Å². The number of hydrogen-bond acceptors (Lipinski definition) is 3. The number of aromatic nitrogens is 2. The van der Waals surface area contributed by atoms with Crippen molar-refractivity contribution in [1.82, 2.24) is 15.1 Å². The zero-order valence-corrected chi connectivity index (χ0v) is 14.1. The third-order valence-corrected chi connectivity index (χ3v) is 3.54. The normalized spacial score (nSPS) is 11.4. The highest BCUT2D eigenvalue weighted by molar-refractivity contribution is 5.96. The minimum Gasteiger partial charge on any atom is -0.493 e. The van der Waals surface area contributed by atoms with Crippen molar-refractivity contribution in [2.45, 2.75) is 33.0 Å². The molecular formula is C17H20F3N3O2. The first kappa shape index (κ1) is 18.8. The molecule has 1 amide bonds. The number of aryl methyl sites for hydroxylation is 2. The molecular weight excluding hydrogens is 335 g/mol. The second-order valence-corrected chi connectivity index (χ2v) is 5.43. The molecule has 1 N–H and O–H groups in total. The molecule has 0 fully saturated rings. The zero-order valence-electron chi connectivity index (χ0n) is 14.1. The van der Waals surface area contributed by atoms with E-state index in [0.29, 0.717) is 36.6 Å². The maximum atomic E-state index is 12.6. The number of ether oxygens (including phenoxy) is 1. The highest BCUT2D eigenvalue weighted by atomic mass is 19.4. The SMILES string of the molecule is CCOc1ccccc1C(=O)NCCCn1nc(C(F)(F)F)cc1C. The smallest absolute Gasteiger partial charge is 0.435 e. The van der Waals surface area contributed by atoms with E-state index in [1.807, 2.05) is 6.92 Å². The number of para-hydroxylation sites is 1. The second kappa shape index (κ2) is 8.04. The van der Waals surface area contributed by atoms with Gasteiger partial charge in [-0.05, 0) is 38.5 Å². The van der Waals surface area contributed by atoms with E-state index in [4.69, 9.17) is 4.74 Å². The van der Waals surface area contributed by atoms with Crippen LogP contribution < -0.4 is 10.1 Å². The number of hydrogen-bond donors (Lipinski definition) is 1. The van der Waals surface area contributed by atoms with E-state index >= 15 is 0 Å². The van der Waals surface area contributed by atoms with Crippen molar-refractivity contribution in [3.63, 3.8) is 0 Å². The van der Waals surface area contributed by atoms with Gasteiger partial charge in [0, 0.05) is 18.8 Å². The van der Waals surface area contributed by atoms with Gasteiger partial charge in [0.25, 0.3) is 5.91 Å². The summed E-state index contributed by atoms with van der Waals surface area (Å²) in [6, 6.07) is 7.90. The largest absolute Gasteiger partial charge is 0.493 e. The quantitative estimate of drug-likeness (QED) is 0.774. The average molecular weight is 355 g/mol. The fourth-order valence-corrected chi connectivity index (χ4v) is 2.34.